The van der Waals surface area contributed by atoms with Crippen LogP contribution in [0.15, 0.2) is 147 Å². The van der Waals surface area contributed by atoms with E-state index < -0.39 is 23.4 Å². The van der Waals surface area contributed by atoms with Gasteiger partial charge in [-0.05, 0) is 65.4 Å². The minimum atomic E-state index is -1.58. The van der Waals surface area contributed by atoms with Crippen LogP contribution >= 0.6 is 47.8 Å². The molecule has 1 N–H and O–H groups in total. The third-order valence-corrected chi connectivity index (χ3v) is 10.4. The summed E-state index contributed by atoms with van der Waals surface area (Å²) in [6, 6.07) is 41.9. The van der Waals surface area contributed by atoms with Crippen LogP contribution in [0, 0.1) is 11.8 Å². The largest absolute Gasteiger partial charge is 0.384 e. The lowest BCUT2D eigenvalue weighted by atomic mass is 9.52. The molecule has 0 saturated heterocycles. The summed E-state index contributed by atoms with van der Waals surface area (Å²) in [5.41, 5.74) is 1.92. The topological polar surface area (TPSA) is 54.4 Å². The lowest BCUT2D eigenvalue weighted by Crippen LogP contribution is -2.53. The summed E-state index contributed by atoms with van der Waals surface area (Å²) < 4.78 is 2.61. The molecule has 5 aromatic rings. The van der Waals surface area contributed by atoms with Crippen LogP contribution in [0.5, 0.6) is 0 Å². The average molecular weight is 773 g/mol. The Bertz CT molecular complexity index is 1760. The van der Waals surface area contributed by atoms with Crippen molar-refractivity contribution < 1.29 is 14.7 Å². The normalized spacial score (nSPS) is 23.2. The number of aliphatic hydroxyl groups is 1. The van der Waals surface area contributed by atoms with Crippen molar-refractivity contribution >= 4 is 59.4 Å². The van der Waals surface area contributed by atoms with Gasteiger partial charge >= 0.3 is 0 Å². The van der Waals surface area contributed by atoms with E-state index in [-0.39, 0.29) is 23.9 Å². The Morgan fingerprint density at radius 3 is 1.50 bits per heavy atom. The molecule has 220 valence electrons. The van der Waals surface area contributed by atoms with Gasteiger partial charge in [0.05, 0.1) is 5.92 Å². The fourth-order valence-electron chi connectivity index (χ4n) is 6.81. The first-order chi connectivity index (χ1) is 21.3. The Morgan fingerprint density at radius 2 is 1.00 bits per heavy atom. The second kappa shape index (κ2) is 13.1. The Balaban J connectivity index is 1.64. The number of hydrogen-bond acceptors (Lipinski definition) is 3. The molecule has 44 heavy (non-hydrogen) atoms. The van der Waals surface area contributed by atoms with Crippen LogP contribution in [0.4, 0.5) is 0 Å². The lowest BCUT2D eigenvalue weighted by molar-refractivity contribution is -0.0690. The van der Waals surface area contributed by atoms with Gasteiger partial charge in [0.25, 0.3) is 0 Å². The van der Waals surface area contributed by atoms with Crippen molar-refractivity contribution in [2.75, 3.05) is 0 Å². The van der Waals surface area contributed by atoms with Gasteiger partial charge in [-0.15, -0.1) is 0 Å². The summed E-state index contributed by atoms with van der Waals surface area (Å²) in [5, 5.41) is 13.1. The molecule has 3 nitrogen and oxygen atoms in total. The first kappa shape index (κ1) is 30.8. The minimum absolute atomic E-state index is 0.0494. The molecule has 0 heterocycles. The standard InChI is InChI=1S/C38H29Br3O3/c39-29-17-11-26(12-18-29)36(42)34-32(24-7-3-1-4-8-24)23-38(44,28-15-21-31(41)22-16-28)35(33(34)25-9-5-2-6-10-25)37(43)27-13-19-30(40)20-14-27/h1-22,32-35,44H,23H2. The van der Waals surface area contributed by atoms with Crippen molar-refractivity contribution in [2.45, 2.75) is 23.9 Å². The molecule has 6 heteroatoms. The highest BCUT2D eigenvalue weighted by Gasteiger charge is 2.58. The van der Waals surface area contributed by atoms with Crippen molar-refractivity contribution in [1.29, 1.82) is 0 Å². The van der Waals surface area contributed by atoms with Crippen LogP contribution < -0.4 is 0 Å². The predicted octanol–water partition coefficient (Wildman–Crippen LogP) is 10.1. The van der Waals surface area contributed by atoms with Crippen molar-refractivity contribution in [1.82, 2.24) is 0 Å². The highest BCUT2D eigenvalue weighted by Crippen LogP contribution is 2.58. The van der Waals surface area contributed by atoms with Crippen LogP contribution in [-0.4, -0.2) is 16.7 Å². The smallest absolute Gasteiger partial charge is 0.169 e. The zero-order valence-electron chi connectivity index (χ0n) is 23.6. The Morgan fingerprint density at radius 1 is 0.568 bits per heavy atom. The lowest BCUT2D eigenvalue weighted by Gasteiger charge is -2.51. The van der Waals surface area contributed by atoms with Crippen LogP contribution in [0.1, 0.15) is 55.7 Å². The van der Waals surface area contributed by atoms with Crippen molar-refractivity contribution in [3.8, 4) is 0 Å². The number of hydrogen-bond donors (Lipinski definition) is 1. The van der Waals surface area contributed by atoms with Gasteiger partial charge in [0.15, 0.2) is 11.6 Å². The molecule has 0 radical (unpaired) electrons. The summed E-state index contributed by atoms with van der Waals surface area (Å²) >= 11 is 10.5. The molecule has 1 fully saturated rings. The molecule has 5 atom stereocenters. The van der Waals surface area contributed by atoms with E-state index in [2.05, 4.69) is 47.8 Å². The van der Waals surface area contributed by atoms with Crippen molar-refractivity contribution in [3.05, 3.63) is 175 Å². The number of benzene rings is 5. The number of rotatable bonds is 7. The Labute approximate surface area is 282 Å². The third kappa shape index (κ3) is 6.05. The Kier molecular flexibility index (Phi) is 9.16. The van der Waals surface area contributed by atoms with E-state index in [1.807, 2.05) is 121 Å². The quantitative estimate of drug-likeness (QED) is 0.168. The molecule has 0 amide bonds. The second-order valence-electron chi connectivity index (χ2n) is 11.3. The molecule has 1 saturated carbocycles. The van der Waals surface area contributed by atoms with Crippen LogP contribution in [0.2, 0.25) is 0 Å². The molecule has 5 aromatic carbocycles. The van der Waals surface area contributed by atoms with E-state index in [1.54, 1.807) is 12.1 Å². The summed E-state index contributed by atoms with van der Waals surface area (Å²) in [4.78, 5) is 29.6. The maximum Gasteiger partial charge on any atom is 0.169 e. The molecule has 1 aliphatic rings. The molecular weight excluding hydrogens is 744 g/mol. The Hall–Kier alpha value is -3.16. The molecular formula is C38H29Br3O3. The third-order valence-electron chi connectivity index (χ3n) is 8.82. The van der Waals surface area contributed by atoms with Gasteiger partial charge in [0.1, 0.15) is 5.60 Å². The van der Waals surface area contributed by atoms with E-state index in [9.17, 15) is 14.7 Å². The van der Waals surface area contributed by atoms with Crippen LogP contribution in [-0.2, 0) is 5.60 Å². The summed E-state index contributed by atoms with van der Waals surface area (Å²) in [6.45, 7) is 0. The van der Waals surface area contributed by atoms with E-state index in [1.165, 1.54) is 0 Å². The van der Waals surface area contributed by atoms with Gasteiger partial charge < -0.3 is 5.11 Å². The van der Waals surface area contributed by atoms with Crippen molar-refractivity contribution in [3.63, 3.8) is 0 Å². The van der Waals surface area contributed by atoms with Crippen LogP contribution in [0.3, 0.4) is 0 Å². The highest BCUT2D eigenvalue weighted by molar-refractivity contribution is 9.11. The van der Waals surface area contributed by atoms with Crippen molar-refractivity contribution in [2.24, 2.45) is 11.8 Å². The molecule has 0 aliphatic heterocycles. The average Bonchev–Trinajstić information content (AvgIpc) is 3.05. The van der Waals surface area contributed by atoms with E-state index in [0.717, 1.165) is 24.5 Å². The zero-order chi connectivity index (χ0) is 30.8. The molecule has 0 bridgehead atoms. The maximum atomic E-state index is 14.8. The van der Waals surface area contributed by atoms with E-state index in [0.29, 0.717) is 16.7 Å². The number of ketones is 2. The fraction of sp³-hybridized carbons (Fsp3) is 0.158. The molecule has 0 aromatic heterocycles. The van der Waals surface area contributed by atoms with E-state index >= 15 is 0 Å². The first-order valence-corrected chi connectivity index (χ1v) is 16.8. The maximum absolute atomic E-state index is 14.8. The number of carbonyl (C=O) groups excluding carboxylic acids is 2. The molecule has 1 aliphatic carbocycles. The fourth-order valence-corrected chi connectivity index (χ4v) is 7.60. The minimum Gasteiger partial charge on any atom is -0.384 e. The number of Topliss-reactive ketones (excluding diaryl/α,β-unsaturated/α-hetero) is 2. The highest BCUT2D eigenvalue weighted by atomic mass is 79.9. The molecule has 0 spiro atoms. The van der Waals surface area contributed by atoms with Gasteiger partial charge in [-0.2, -0.15) is 0 Å². The summed E-state index contributed by atoms with van der Waals surface area (Å²) in [5.74, 6) is -2.82. The summed E-state index contributed by atoms with van der Waals surface area (Å²) in [7, 11) is 0. The van der Waals surface area contributed by atoms with Gasteiger partial charge in [-0.25, -0.2) is 0 Å². The van der Waals surface area contributed by atoms with Crippen LogP contribution in [0.25, 0.3) is 0 Å². The van der Waals surface area contributed by atoms with Gasteiger partial charge in [0.2, 0.25) is 0 Å². The molecule has 5 unspecified atom stereocenters. The SMILES string of the molecule is O=C(c1ccc(Br)cc1)C1C(c2ccccc2)CC(O)(c2ccc(Br)cc2)C(C(=O)c2ccc(Br)cc2)C1c1ccccc1. The second-order valence-corrected chi connectivity index (χ2v) is 14.1. The van der Waals surface area contributed by atoms with Gasteiger partial charge in [0, 0.05) is 36.4 Å². The first-order valence-electron chi connectivity index (χ1n) is 14.4. The monoisotopic (exact) mass is 770 g/mol. The predicted molar refractivity (Wildman–Crippen MR) is 185 cm³/mol. The number of carbonyl (C=O) groups is 2. The number of halogens is 3. The summed E-state index contributed by atoms with van der Waals surface area (Å²) in [6.07, 6.45) is 0.196. The van der Waals surface area contributed by atoms with E-state index in [4.69, 9.17) is 0 Å². The van der Waals surface area contributed by atoms with Gasteiger partial charge in [-0.3, -0.25) is 9.59 Å². The zero-order valence-corrected chi connectivity index (χ0v) is 28.4. The molecule has 6 rings (SSSR count). The van der Waals surface area contributed by atoms with Gasteiger partial charge in [-0.1, -0.05) is 145 Å².